The Labute approximate surface area is 167 Å². The van der Waals surface area contributed by atoms with Crippen molar-refractivity contribution in [3.8, 4) is 11.3 Å². The van der Waals surface area contributed by atoms with E-state index in [0.29, 0.717) is 5.02 Å². The first-order valence-corrected chi connectivity index (χ1v) is 10.1. The van der Waals surface area contributed by atoms with Crippen molar-refractivity contribution in [3.63, 3.8) is 0 Å². The molecule has 1 aromatic carbocycles. The Bertz CT molecular complexity index is 906. The van der Waals surface area contributed by atoms with Crippen molar-refractivity contribution in [1.29, 1.82) is 0 Å². The highest BCUT2D eigenvalue weighted by atomic mass is 35.5. The quantitative estimate of drug-likeness (QED) is 0.713. The maximum absolute atomic E-state index is 12.2. The number of nitrogens with zero attached hydrogens (tertiary/aromatic N) is 3. The Kier molecular flexibility index (Phi) is 5.36. The number of anilines is 1. The fourth-order valence-corrected chi connectivity index (χ4v) is 4.08. The van der Waals surface area contributed by atoms with Crippen LogP contribution in [-0.4, -0.2) is 35.2 Å². The van der Waals surface area contributed by atoms with Gasteiger partial charge in [0.2, 0.25) is 0 Å². The number of hydrogen-bond acceptors (Lipinski definition) is 5. The molecular formula is C20H19ClN4OS. The fraction of sp³-hybridized carbons (Fsp3) is 0.250. The van der Waals surface area contributed by atoms with Crippen LogP contribution in [0.25, 0.3) is 11.3 Å². The van der Waals surface area contributed by atoms with Crippen molar-refractivity contribution in [2.45, 2.75) is 18.9 Å². The third-order valence-electron chi connectivity index (χ3n) is 4.70. The average molecular weight is 399 g/mol. The second-order valence-corrected chi connectivity index (χ2v) is 7.82. The molecule has 4 rings (SSSR count). The molecule has 1 amide bonds. The summed E-state index contributed by atoms with van der Waals surface area (Å²) in [5, 5.41) is 14.4. The first kappa shape index (κ1) is 17.9. The van der Waals surface area contributed by atoms with Crippen LogP contribution >= 0.6 is 22.9 Å². The van der Waals surface area contributed by atoms with Gasteiger partial charge in [0, 0.05) is 24.7 Å². The molecule has 5 nitrogen and oxygen atoms in total. The van der Waals surface area contributed by atoms with Gasteiger partial charge in [-0.25, -0.2) is 0 Å². The second kappa shape index (κ2) is 8.06. The highest BCUT2D eigenvalue weighted by molar-refractivity contribution is 7.12. The molecule has 0 atom stereocenters. The lowest BCUT2D eigenvalue weighted by molar-refractivity contribution is 0.0935. The van der Waals surface area contributed by atoms with Crippen LogP contribution < -0.4 is 10.2 Å². The van der Waals surface area contributed by atoms with Crippen molar-refractivity contribution in [2.75, 3.05) is 18.0 Å². The molecule has 0 aliphatic carbocycles. The molecule has 138 valence electrons. The number of hydrogen-bond donors (Lipinski definition) is 1. The van der Waals surface area contributed by atoms with Crippen molar-refractivity contribution in [3.05, 3.63) is 63.8 Å². The van der Waals surface area contributed by atoms with E-state index in [1.807, 2.05) is 53.9 Å². The van der Waals surface area contributed by atoms with E-state index in [4.69, 9.17) is 11.6 Å². The molecule has 0 spiro atoms. The Hall–Kier alpha value is -2.44. The number of piperidine rings is 1. The number of thiophene rings is 1. The number of carbonyl (C=O) groups is 1. The number of rotatable bonds is 4. The fourth-order valence-electron chi connectivity index (χ4n) is 3.22. The number of benzene rings is 1. The molecule has 1 aliphatic rings. The summed E-state index contributed by atoms with van der Waals surface area (Å²) < 4.78 is 0. The zero-order valence-corrected chi connectivity index (χ0v) is 16.2. The molecule has 0 unspecified atom stereocenters. The van der Waals surface area contributed by atoms with Crippen LogP contribution in [0.4, 0.5) is 5.82 Å². The molecule has 0 radical (unpaired) electrons. The lowest BCUT2D eigenvalue weighted by Crippen LogP contribution is -2.44. The van der Waals surface area contributed by atoms with Crippen LogP contribution in [0.2, 0.25) is 5.02 Å². The van der Waals surface area contributed by atoms with Crippen LogP contribution in [0, 0.1) is 0 Å². The van der Waals surface area contributed by atoms with Gasteiger partial charge in [-0.2, -0.15) is 0 Å². The van der Waals surface area contributed by atoms with Gasteiger partial charge in [-0.15, -0.1) is 21.5 Å². The normalized spacial score (nSPS) is 14.9. The molecule has 2 aromatic heterocycles. The van der Waals surface area contributed by atoms with Gasteiger partial charge in [-0.05, 0) is 42.5 Å². The predicted octanol–water partition coefficient (Wildman–Crippen LogP) is 4.26. The zero-order chi connectivity index (χ0) is 18.6. The lowest BCUT2D eigenvalue weighted by atomic mass is 10.0. The molecule has 1 fully saturated rings. The van der Waals surface area contributed by atoms with Crippen LogP contribution in [0.15, 0.2) is 53.9 Å². The molecule has 1 N–H and O–H groups in total. The largest absolute Gasteiger partial charge is 0.355 e. The predicted molar refractivity (Wildman–Crippen MR) is 109 cm³/mol. The van der Waals surface area contributed by atoms with Gasteiger partial charge in [-0.1, -0.05) is 35.9 Å². The number of nitrogens with one attached hydrogen (secondary N) is 1. The summed E-state index contributed by atoms with van der Waals surface area (Å²) in [4.78, 5) is 15.1. The number of aromatic nitrogens is 2. The highest BCUT2D eigenvalue weighted by Gasteiger charge is 2.22. The first-order chi connectivity index (χ1) is 13.2. The van der Waals surface area contributed by atoms with Gasteiger partial charge in [0.1, 0.15) is 0 Å². The van der Waals surface area contributed by atoms with E-state index in [9.17, 15) is 4.79 Å². The Morgan fingerprint density at radius 2 is 1.89 bits per heavy atom. The van der Waals surface area contributed by atoms with Crippen molar-refractivity contribution in [2.24, 2.45) is 0 Å². The minimum Gasteiger partial charge on any atom is -0.355 e. The first-order valence-electron chi connectivity index (χ1n) is 8.88. The van der Waals surface area contributed by atoms with Gasteiger partial charge in [0.15, 0.2) is 5.82 Å². The third-order valence-corrected chi connectivity index (χ3v) is 5.90. The highest BCUT2D eigenvalue weighted by Crippen LogP contribution is 2.26. The lowest BCUT2D eigenvalue weighted by Gasteiger charge is -2.32. The van der Waals surface area contributed by atoms with Crippen molar-refractivity contribution in [1.82, 2.24) is 15.5 Å². The SMILES string of the molecule is O=C(NC1CCN(c2ccc(-c3ccccc3Cl)nn2)CC1)c1cccs1. The Morgan fingerprint density at radius 1 is 1.07 bits per heavy atom. The monoisotopic (exact) mass is 398 g/mol. The van der Waals surface area contributed by atoms with E-state index in [1.54, 1.807) is 0 Å². The standard InChI is InChI=1S/C20H19ClN4OS/c21-16-5-2-1-4-15(16)17-7-8-19(24-23-17)25-11-9-14(10-12-25)22-20(26)18-6-3-13-27-18/h1-8,13-14H,9-12H2,(H,22,26). The summed E-state index contributed by atoms with van der Waals surface area (Å²) in [7, 11) is 0. The summed E-state index contributed by atoms with van der Waals surface area (Å²) in [5.74, 6) is 0.876. The van der Waals surface area contributed by atoms with Crippen molar-refractivity contribution < 1.29 is 4.79 Å². The molecule has 1 aliphatic heterocycles. The molecule has 0 bridgehead atoms. The molecule has 0 saturated carbocycles. The van der Waals surface area contributed by atoms with Crippen LogP contribution in [0.3, 0.4) is 0 Å². The molecule has 7 heteroatoms. The molecule has 1 saturated heterocycles. The van der Waals surface area contributed by atoms with Gasteiger partial charge in [-0.3, -0.25) is 4.79 Å². The Morgan fingerprint density at radius 3 is 2.56 bits per heavy atom. The molecule has 3 aromatic rings. The van der Waals surface area contributed by atoms with E-state index in [2.05, 4.69) is 20.4 Å². The van der Waals surface area contributed by atoms with Crippen molar-refractivity contribution >= 4 is 34.7 Å². The van der Waals surface area contributed by atoms with E-state index < -0.39 is 0 Å². The van der Waals surface area contributed by atoms with Crippen LogP contribution in [0.5, 0.6) is 0 Å². The van der Waals surface area contributed by atoms with Gasteiger partial charge < -0.3 is 10.2 Å². The van der Waals surface area contributed by atoms with E-state index >= 15 is 0 Å². The maximum Gasteiger partial charge on any atom is 0.261 e. The number of halogens is 1. The molecular weight excluding hydrogens is 380 g/mol. The van der Waals surface area contributed by atoms with E-state index in [1.165, 1.54) is 11.3 Å². The number of carbonyl (C=O) groups excluding carboxylic acids is 1. The smallest absolute Gasteiger partial charge is 0.261 e. The van der Waals surface area contributed by atoms with E-state index in [0.717, 1.165) is 47.9 Å². The van der Waals surface area contributed by atoms with E-state index in [-0.39, 0.29) is 11.9 Å². The zero-order valence-electron chi connectivity index (χ0n) is 14.6. The molecule has 27 heavy (non-hydrogen) atoms. The summed E-state index contributed by atoms with van der Waals surface area (Å²) >= 11 is 7.70. The van der Waals surface area contributed by atoms with Crippen LogP contribution in [-0.2, 0) is 0 Å². The third kappa shape index (κ3) is 4.12. The van der Waals surface area contributed by atoms with Crippen LogP contribution in [0.1, 0.15) is 22.5 Å². The van der Waals surface area contributed by atoms with Gasteiger partial charge >= 0.3 is 0 Å². The summed E-state index contributed by atoms with van der Waals surface area (Å²) in [6, 6.07) is 15.5. The minimum absolute atomic E-state index is 0.0207. The average Bonchev–Trinajstić information content (AvgIpc) is 3.24. The minimum atomic E-state index is 0.0207. The second-order valence-electron chi connectivity index (χ2n) is 6.47. The van der Waals surface area contributed by atoms with Gasteiger partial charge in [0.05, 0.1) is 15.6 Å². The maximum atomic E-state index is 12.2. The summed E-state index contributed by atoms with van der Waals surface area (Å²) in [6.07, 6.45) is 1.79. The number of amides is 1. The Balaban J connectivity index is 1.36. The summed E-state index contributed by atoms with van der Waals surface area (Å²) in [5.41, 5.74) is 1.65. The topological polar surface area (TPSA) is 58.1 Å². The molecule has 3 heterocycles. The summed E-state index contributed by atoms with van der Waals surface area (Å²) in [6.45, 7) is 1.69. The van der Waals surface area contributed by atoms with Gasteiger partial charge in [0.25, 0.3) is 5.91 Å².